The van der Waals surface area contributed by atoms with E-state index in [0.29, 0.717) is 0 Å². The van der Waals surface area contributed by atoms with Gasteiger partial charge < -0.3 is 10.4 Å². The van der Waals surface area contributed by atoms with Gasteiger partial charge in [0.1, 0.15) is 11.0 Å². The summed E-state index contributed by atoms with van der Waals surface area (Å²) in [5, 5.41) is 20.8. The topological polar surface area (TPSA) is 75.1 Å². The van der Waals surface area contributed by atoms with E-state index < -0.39 is 11.5 Å². The molecule has 2 N–H and O–H groups in total. The van der Waals surface area contributed by atoms with Crippen LogP contribution in [0.3, 0.4) is 0 Å². The van der Waals surface area contributed by atoms with Crippen molar-refractivity contribution in [3.63, 3.8) is 0 Å². The molecule has 20 heavy (non-hydrogen) atoms. The van der Waals surface area contributed by atoms with Crippen LogP contribution in [0.5, 0.6) is 0 Å². The molecule has 2 atom stereocenters. The molecule has 2 unspecified atom stereocenters. The van der Waals surface area contributed by atoms with Gasteiger partial charge in [-0.05, 0) is 38.1 Å². The van der Waals surface area contributed by atoms with E-state index in [1.165, 1.54) is 11.3 Å². The molecule has 2 rings (SSSR count). The minimum absolute atomic E-state index is 0.215. The van der Waals surface area contributed by atoms with Crippen LogP contribution >= 0.6 is 23.1 Å². The zero-order chi connectivity index (χ0) is 14.4. The van der Waals surface area contributed by atoms with Crippen LogP contribution in [0.4, 0.5) is 0 Å². The van der Waals surface area contributed by atoms with E-state index in [2.05, 4.69) is 22.4 Å². The highest BCUT2D eigenvalue weighted by molar-refractivity contribution is 8.00. The maximum atomic E-state index is 11.7. The highest BCUT2D eigenvalue weighted by Gasteiger charge is 2.48. The summed E-state index contributed by atoms with van der Waals surface area (Å²) < 4.78 is 0.963. The predicted octanol–water partition coefficient (Wildman–Crippen LogP) is 2.64. The predicted molar refractivity (Wildman–Crippen MR) is 81.3 cm³/mol. The van der Waals surface area contributed by atoms with Gasteiger partial charge in [-0.1, -0.05) is 36.4 Å². The van der Waals surface area contributed by atoms with Gasteiger partial charge in [0.05, 0.1) is 0 Å². The third-order valence-corrected chi connectivity index (χ3v) is 5.82. The van der Waals surface area contributed by atoms with Crippen LogP contribution in [0.25, 0.3) is 0 Å². The second-order valence-electron chi connectivity index (χ2n) is 5.13. The zero-order valence-corrected chi connectivity index (χ0v) is 13.3. The Bertz CT molecular complexity index is 427. The molecule has 1 heterocycles. The SMILES string of the molecule is CCCNC1(C(=O)O)CCCC1CCSc1nncs1. The summed E-state index contributed by atoms with van der Waals surface area (Å²) in [4.78, 5) is 11.7. The third-order valence-electron chi connectivity index (χ3n) is 3.92. The first-order chi connectivity index (χ1) is 9.69. The quantitative estimate of drug-likeness (QED) is 0.718. The van der Waals surface area contributed by atoms with Crippen molar-refractivity contribution in [1.29, 1.82) is 0 Å². The number of aliphatic carboxylic acids is 1. The lowest BCUT2D eigenvalue weighted by Gasteiger charge is -2.32. The number of nitrogens with one attached hydrogen (secondary N) is 1. The minimum atomic E-state index is -0.711. The highest BCUT2D eigenvalue weighted by atomic mass is 32.2. The van der Waals surface area contributed by atoms with E-state index in [1.54, 1.807) is 17.3 Å². The van der Waals surface area contributed by atoms with Crippen LogP contribution in [0.2, 0.25) is 0 Å². The molecule has 0 aliphatic heterocycles. The Morgan fingerprint density at radius 2 is 2.55 bits per heavy atom. The number of carbonyl (C=O) groups is 1. The number of aromatic nitrogens is 2. The van der Waals surface area contributed by atoms with Crippen molar-refractivity contribution >= 4 is 29.1 Å². The van der Waals surface area contributed by atoms with Gasteiger partial charge in [-0.2, -0.15) is 0 Å². The molecular formula is C13H21N3O2S2. The van der Waals surface area contributed by atoms with E-state index in [4.69, 9.17) is 0 Å². The molecule has 1 fully saturated rings. The van der Waals surface area contributed by atoms with Gasteiger partial charge in [-0.25, -0.2) is 0 Å². The number of carboxylic acids is 1. The summed E-state index contributed by atoms with van der Waals surface area (Å²) in [5.74, 6) is 0.434. The van der Waals surface area contributed by atoms with Crippen molar-refractivity contribution in [3.05, 3.63) is 5.51 Å². The molecule has 0 bridgehead atoms. The number of hydrogen-bond acceptors (Lipinski definition) is 6. The van der Waals surface area contributed by atoms with Crippen LogP contribution in [-0.2, 0) is 4.79 Å². The molecule has 1 aliphatic rings. The Morgan fingerprint density at radius 1 is 1.70 bits per heavy atom. The van der Waals surface area contributed by atoms with Crippen molar-refractivity contribution in [3.8, 4) is 0 Å². The molecule has 0 saturated heterocycles. The summed E-state index contributed by atoms with van der Waals surface area (Å²) >= 11 is 3.21. The van der Waals surface area contributed by atoms with Gasteiger partial charge in [0.15, 0.2) is 4.34 Å². The highest BCUT2D eigenvalue weighted by Crippen LogP contribution is 2.39. The normalized spacial score (nSPS) is 25.9. The molecule has 1 aliphatic carbocycles. The Kier molecular flexibility index (Phi) is 5.80. The van der Waals surface area contributed by atoms with Crippen LogP contribution < -0.4 is 5.32 Å². The van der Waals surface area contributed by atoms with E-state index in [1.807, 2.05) is 0 Å². The van der Waals surface area contributed by atoms with Gasteiger partial charge in [0.2, 0.25) is 0 Å². The average Bonchev–Trinajstić information content (AvgIpc) is 3.06. The zero-order valence-electron chi connectivity index (χ0n) is 11.7. The lowest BCUT2D eigenvalue weighted by atomic mass is 9.85. The molecule has 0 amide bonds. The monoisotopic (exact) mass is 315 g/mol. The molecule has 1 aromatic rings. The van der Waals surface area contributed by atoms with Crippen molar-refractivity contribution in [2.24, 2.45) is 5.92 Å². The molecule has 7 heteroatoms. The van der Waals surface area contributed by atoms with E-state index >= 15 is 0 Å². The molecule has 1 saturated carbocycles. The average molecular weight is 315 g/mol. The first-order valence-electron chi connectivity index (χ1n) is 7.06. The van der Waals surface area contributed by atoms with Gasteiger partial charge in [-0.15, -0.1) is 10.2 Å². The van der Waals surface area contributed by atoms with Crippen LogP contribution in [0.15, 0.2) is 9.85 Å². The van der Waals surface area contributed by atoms with Crippen LogP contribution in [0.1, 0.15) is 39.0 Å². The summed E-state index contributed by atoms with van der Waals surface area (Å²) in [6.07, 6.45) is 4.61. The second-order valence-corrected chi connectivity index (χ2v) is 7.31. The second kappa shape index (κ2) is 7.38. The lowest BCUT2D eigenvalue weighted by molar-refractivity contribution is -0.146. The number of nitrogens with zero attached hydrogens (tertiary/aromatic N) is 2. The Labute approximate surface area is 127 Å². The molecule has 1 aromatic heterocycles. The minimum Gasteiger partial charge on any atom is -0.480 e. The van der Waals surface area contributed by atoms with E-state index in [-0.39, 0.29) is 5.92 Å². The molecule has 5 nitrogen and oxygen atoms in total. The van der Waals surface area contributed by atoms with Crippen molar-refractivity contribution in [2.45, 2.75) is 48.9 Å². The lowest BCUT2D eigenvalue weighted by Crippen LogP contribution is -2.55. The summed E-state index contributed by atoms with van der Waals surface area (Å²) in [5.41, 5.74) is 1.01. The maximum Gasteiger partial charge on any atom is 0.324 e. The summed E-state index contributed by atoms with van der Waals surface area (Å²) in [6, 6.07) is 0. The number of thioether (sulfide) groups is 1. The molecule has 0 aromatic carbocycles. The Balaban J connectivity index is 1.92. The van der Waals surface area contributed by atoms with Crippen molar-refractivity contribution in [1.82, 2.24) is 15.5 Å². The smallest absolute Gasteiger partial charge is 0.324 e. The molecular weight excluding hydrogens is 294 g/mol. The first-order valence-corrected chi connectivity index (χ1v) is 8.93. The number of carboxylic acid groups (broad SMARTS) is 1. The van der Waals surface area contributed by atoms with Gasteiger partial charge in [0.25, 0.3) is 0 Å². The third kappa shape index (κ3) is 3.51. The maximum absolute atomic E-state index is 11.7. The first kappa shape index (κ1) is 15.7. The standard InChI is InChI=1S/C13H21N3O2S2/c1-2-7-14-13(11(17)18)6-3-4-10(13)5-8-19-12-16-15-9-20-12/h9-10,14H,2-8H2,1H3,(H,17,18). The fraction of sp³-hybridized carbons (Fsp3) is 0.769. The Morgan fingerprint density at radius 3 is 3.20 bits per heavy atom. The summed E-state index contributed by atoms with van der Waals surface area (Å²) in [7, 11) is 0. The van der Waals surface area contributed by atoms with Crippen LogP contribution in [-0.4, -0.2) is 39.1 Å². The Hall–Kier alpha value is -0.660. The van der Waals surface area contributed by atoms with Crippen molar-refractivity contribution < 1.29 is 9.90 Å². The van der Waals surface area contributed by atoms with E-state index in [0.717, 1.165) is 48.7 Å². The fourth-order valence-corrected chi connectivity index (χ4v) is 4.53. The molecule has 112 valence electrons. The number of hydrogen-bond donors (Lipinski definition) is 2. The van der Waals surface area contributed by atoms with Crippen LogP contribution in [0, 0.1) is 5.92 Å². The molecule has 0 spiro atoms. The summed E-state index contributed by atoms with van der Waals surface area (Å²) in [6.45, 7) is 2.84. The fourth-order valence-electron chi connectivity index (χ4n) is 2.92. The molecule has 0 radical (unpaired) electrons. The number of rotatable bonds is 8. The largest absolute Gasteiger partial charge is 0.480 e. The van der Waals surface area contributed by atoms with Gasteiger partial charge in [0, 0.05) is 5.75 Å². The van der Waals surface area contributed by atoms with Crippen molar-refractivity contribution in [2.75, 3.05) is 12.3 Å². The van der Waals surface area contributed by atoms with E-state index in [9.17, 15) is 9.90 Å². The van der Waals surface area contributed by atoms with Gasteiger partial charge in [-0.3, -0.25) is 4.79 Å². The van der Waals surface area contributed by atoms with Gasteiger partial charge >= 0.3 is 5.97 Å².